The van der Waals surface area contributed by atoms with E-state index >= 15 is 0 Å². The Bertz CT molecular complexity index is 328. The molecule has 1 atom stereocenters. The zero-order valence-corrected chi connectivity index (χ0v) is 8.61. The highest BCUT2D eigenvalue weighted by Gasteiger charge is 2.26. The van der Waals surface area contributed by atoms with Gasteiger partial charge in [-0.1, -0.05) is 18.2 Å². The summed E-state index contributed by atoms with van der Waals surface area (Å²) >= 11 is 0. The van der Waals surface area contributed by atoms with E-state index in [-0.39, 0.29) is 0 Å². The van der Waals surface area contributed by atoms with E-state index in [4.69, 9.17) is 13.7 Å². The Morgan fingerprint density at radius 1 is 1.36 bits per heavy atom. The summed E-state index contributed by atoms with van der Waals surface area (Å²) in [6.45, 7) is 2.44. The van der Waals surface area contributed by atoms with Crippen molar-refractivity contribution in [2.45, 2.75) is 6.92 Å². The maximum atomic E-state index is 5.36. The van der Waals surface area contributed by atoms with Gasteiger partial charge in [-0.3, -0.25) is 4.52 Å². The molecule has 14 heavy (non-hydrogen) atoms. The van der Waals surface area contributed by atoms with Crippen LogP contribution in [-0.4, -0.2) is 12.5 Å². The molecule has 4 nitrogen and oxygen atoms in total. The lowest BCUT2D eigenvalue weighted by Gasteiger charge is -2.04. The third-order valence-electron chi connectivity index (χ3n) is 1.61. The molecule has 0 saturated carbocycles. The van der Waals surface area contributed by atoms with Gasteiger partial charge in [-0.05, 0) is 24.2 Å². The molecule has 0 amide bonds. The van der Waals surface area contributed by atoms with Gasteiger partial charge < -0.3 is 9.15 Å². The van der Waals surface area contributed by atoms with Crippen LogP contribution in [-0.2, 0) is 13.7 Å². The summed E-state index contributed by atoms with van der Waals surface area (Å²) in [5, 5.41) is 3.80. The molecule has 0 N–H and O–H groups in total. The highest BCUT2D eigenvalue weighted by atomic mass is 31.2. The average molecular weight is 211 g/mol. The molecule has 2 rings (SSSR count). The van der Waals surface area contributed by atoms with Gasteiger partial charge in [-0.2, -0.15) is 0 Å². The van der Waals surface area contributed by atoms with Crippen LogP contribution in [0.25, 0.3) is 0 Å². The van der Waals surface area contributed by atoms with Gasteiger partial charge >= 0.3 is 8.60 Å². The quantitative estimate of drug-likeness (QED) is 0.721. The largest absolute Gasteiger partial charge is 0.486 e. The molecule has 74 valence electrons. The highest BCUT2D eigenvalue weighted by molar-refractivity contribution is 7.42. The standard InChI is InChI=1S/C9H10NO3P/c1-2-11-14-12-9(10-13-14)8-6-4-3-5-7-8/h3-7H,2H2,1H3. The zero-order valence-electron chi connectivity index (χ0n) is 7.71. The van der Waals surface area contributed by atoms with Crippen LogP contribution in [0.4, 0.5) is 0 Å². The fourth-order valence-corrected chi connectivity index (χ4v) is 1.78. The second kappa shape index (κ2) is 4.40. The molecule has 0 aromatic heterocycles. The first-order valence-electron chi connectivity index (χ1n) is 4.31. The Morgan fingerprint density at radius 3 is 2.86 bits per heavy atom. The molecule has 0 fully saturated rings. The maximum absolute atomic E-state index is 5.36. The molecule has 0 saturated heterocycles. The van der Waals surface area contributed by atoms with Crippen LogP contribution in [0.1, 0.15) is 12.5 Å². The van der Waals surface area contributed by atoms with Crippen LogP contribution < -0.4 is 0 Å². The van der Waals surface area contributed by atoms with E-state index in [1.54, 1.807) is 0 Å². The summed E-state index contributed by atoms with van der Waals surface area (Å²) in [6, 6.07) is 9.59. The minimum atomic E-state index is -1.31. The molecular formula is C9H10NO3P. The first-order valence-corrected chi connectivity index (χ1v) is 5.41. The van der Waals surface area contributed by atoms with Gasteiger partial charge in [0.1, 0.15) is 0 Å². The molecule has 0 aliphatic carbocycles. The lowest BCUT2D eigenvalue weighted by Crippen LogP contribution is -1.98. The van der Waals surface area contributed by atoms with Crippen molar-refractivity contribution in [3.8, 4) is 0 Å². The highest BCUT2D eigenvalue weighted by Crippen LogP contribution is 2.45. The van der Waals surface area contributed by atoms with Gasteiger partial charge in [0.25, 0.3) is 5.90 Å². The molecule has 0 spiro atoms. The van der Waals surface area contributed by atoms with Crippen molar-refractivity contribution in [3.63, 3.8) is 0 Å². The molecule has 1 unspecified atom stereocenters. The molecular weight excluding hydrogens is 201 g/mol. The van der Waals surface area contributed by atoms with Crippen molar-refractivity contribution < 1.29 is 13.7 Å². The number of hydrogen-bond acceptors (Lipinski definition) is 4. The second-order valence-corrected chi connectivity index (χ2v) is 3.63. The Kier molecular flexibility index (Phi) is 2.96. The summed E-state index contributed by atoms with van der Waals surface area (Å²) < 4.78 is 15.5. The van der Waals surface area contributed by atoms with Crippen LogP contribution in [0.5, 0.6) is 0 Å². The second-order valence-electron chi connectivity index (χ2n) is 2.58. The van der Waals surface area contributed by atoms with Gasteiger partial charge in [-0.25, -0.2) is 0 Å². The molecule has 1 aliphatic heterocycles. The van der Waals surface area contributed by atoms with E-state index in [1.165, 1.54) is 0 Å². The average Bonchev–Trinajstić information content (AvgIpc) is 2.68. The number of hydrogen-bond donors (Lipinski definition) is 0. The summed E-state index contributed by atoms with van der Waals surface area (Å²) in [5.41, 5.74) is 0.900. The number of benzene rings is 1. The van der Waals surface area contributed by atoms with Crippen LogP contribution in [0.3, 0.4) is 0 Å². The lowest BCUT2D eigenvalue weighted by molar-refractivity contribution is 0.247. The number of nitrogens with zero attached hydrogens (tertiary/aromatic N) is 1. The summed E-state index contributed by atoms with van der Waals surface area (Å²) in [7, 11) is -1.31. The molecule has 5 heteroatoms. The minimum absolute atomic E-state index is 0.491. The first kappa shape index (κ1) is 9.44. The van der Waals surface area contributed by atoms with Crippen molar-refractivity contribution in [2.75, 3.05) is 6.61 Å². The summed E-state index contributed by atoms with van der Waals surface area (Å²) in [4.78, 5) is 0. The van der Waals surface area contributed by atoms with Crippen molar-refractivity contribution in [1.82, 2.24) is 0 Å². The Hall–Kier alpha value is -1.12. The molecule has 0 bridgehead atoms. The van der Waals surface area contributed by atoms with E-state index in [0.29, 0.717) is 12.5 Å². The monoisotopic (exact) mass is 211 g/mol. The van der Waals surface area contributed by atoms with E-state index in [1.807, 2.05) is 37.3 Å². The van der Waals surface area contributed by atoms with Crippen molar-refractivity contribution in [2.24, 2.45) is 5.16 Å². The van der Waals surface area contributed by atoms with Crippen molar-refractivity contribution in [3.05, 3.63) is 35.9 Å². The van der Waals surface area contributed by atoms with Crippen LogP contribution in [0.15, 0.2) is 35.5 Å². The predicted octanol–water partition coefficient (Wildman–Crippen LogP) is 2.66. The molecule has 0 radical (unpaired) electrons. The summed E-state index contributed by atoms with van der Waals surface area (Å²) in [6.07, 6.45) is 0. The molecule has 1 aromatic rings. The zero-order chi connectivity index (χ0) is 9.80. The smallest absolute Gasteiger partial charge is 0.394 e. The first-order chi connectivity index (χ1) is 6.90. The normalized spacial score (nSPS) is 19.8. The number of oxime groups is 1. The van der Waals surface area contributed by atoms with E-state index in [0.717, 1.165) is 5.56 Å². The molecule has 1 heterocycles. The summed E-state index contributed by atoms with van der Waals surface area (Å²) in [5.74, 6) is 0.491. The van der Waals surface area contributed by atoms with Crippen LogP contribution >= 0.6 is 8.60 Å². The third-order valence-corrected chi connectivity index (χ3v) is 2.61. The van der Waals surface area contributed by atoms with Crippen LogP contribution in [0.2, 0.25) is 0 Å². The van der Waals surface area contributed by atoms with Crippen molar-refractivity contribution in [1.29, 1.82) is 0 Å². The topological polar surface area (TPSA) is 40.0 Å². The molecule has 1 aliphatic rings. The maximum Gasteiger partial charge on any atom is 0.486 e. The van der Waals surface area contributed by atoms with E-state index < -0.39 is 8.60 Å². The van der Waals surface area contributed by atoms with Gasteiger partial charge in [-0.15, -0.1) is 0 Å². The number of rotatable bonds is 3. The predicted molar refractivity (Wildman–Crippen MR) is 53.7 cm³/mol. The Labute approximate surface area is 83.5 Å². The van der Waals surface area contributed by atoms with Crippen molar-refractivity contribution >= 4 is 14.5 Å². The van der Waals surface area contributed by atoms with E-state index in [2.05, 4.69) is 5.16 Å². The SMILES string of the molecule is CCOP1ON=C(c2ccccc2)O1. The van der Waals surface area contributed by atoms with Gasteiger partial charge in [0.15, 0.2) is 0 Å². The van der Waals surface area contributed by atoms with E-state index in [9.17, 15) is 0 Å². The lowest BCUT2D eigenvalue weighted by atomic mass is 10.2. The van der Waals surface area contributed by atoms with Gasteiger partial charge in [0, 0.05) is 5.56 Å². The van der Waals surface area contributed by atoms with Gasteiger partial charge in [0.2, 0.25) is 0 Å². The Balaban J connectivity index is 2.02. The minimum Gasteiger partial charge on any atom is -0.394 e. The van der Waals surface area contributed by atoms with Crippen LogP contribution in [0, 0.1) is 0 Å². The fourth-order valence-electron chi connectivity index (χ4n) is 1.02. The third kappa shape index (κ3) is 2.03. The fraction of sp³-hybridized carbons (Fsp3) is 0.222. The Morgan fingerprint density at radius 2 is 2.14 bits per heavy atom. The van der Waals surface area contributed by atoms with Gasteiger partial charge in [0.05, 0.1) is 6.61 Å². The molecule has 1 aromatic carbocycles.